The third kappa shape index (κ3) is 5.07. The fourth-order valence-electron chi connectivity index (χ4n) is 1.41. The first-order chi connectivity index (χ1) is 8.69. The molecular formula is C14H17FO4. The van der Waals surface area contributed by atoms with Gasteiger partial charge in [0.25, 0.3) is 0 Å². The Kier molecular flexibility index (Phi) is 4.64. The summed E-state index contributed by atoms with van der Waals surface area (Å²) in [5.74, 6) is -1.34. The molecule has 1 aromatic rings. The van der Waals surface area contributed by atoms with Crippen LogP contribution in [0.15, 0.2) is 18.2 Å². The normalized spacial score (nSPS) is 11.0. The Morgan fingerprint density at radius 2 is 1.89 bits per heavy atom. The molecule has 1 rings (SSSR count). The number of carbonyl (C=O) groups excluding carboxylic acids is 2. The highest BCUT2D eigenvalue weighted by atomic mass is 19.1. The summed E-state index contributed by atoms with van der Waals surface area (Å²) < 4.78 is 23.3. The maximum Gasteiger partial charge on any atom is 0.344 e. The van der Waals surface area contributed by atoms with Gasteiger partial charge >= 0.3 is 5.97 Å². The Morgan fingerprint density at radius 1 is 1.26 bits per heavy atom. The molecule has 5 heteroatoms. The molecule has 0 radical (unpaired) electrons. The Balaban J connectivity index is 2.75. The van der Waals surface area contributed by atoms with E-state index in [2.05, 4.69) is 0 Å². The van der Waals surface area contributed by atoms with Crippen LogP contribution in [0.25, 0.3) is 0 Å². The number of rotatable bonds is 4. The molecule has 0 aliphatic heterocycles. The maximum absolute atomic E-state index is 13.1. The van der Waals surface area contributed by atoms with Crippen LogP contribution in [0.5, 0.6) is 5.75 Å². The summed E-state index contributed by atoms with van der Waals surface area (Å²) in [6.45, 7) is 6.16. The molecule has 0 saturated heterocycles. The quantitative estimate of drug-likeness (QED) is 0.622. The number of ether oxygens (including phenoxy) is 2. The van der Waals surface area contributed by atoms with Gasteiger partial charge in [-0.25, -0.2) is 9.18 Å². The number of hydrogen-bond donors (Lipinski definition) is 0. The van der Waals surface area contributed by atoms with Crippen LogP contribution >= 0.6 is 0 Å². The van der Waals surface area contributed by atoms with E-state index in [0.29, 0.717) is 0 Å². The van der Waals surface area contributed by atoms with E-state index in [-0.39, 0.29) is 23.7 Å². The van der Waals surface area contributed by atoms with Crippen molar-refractivity contribution >= 4 is 11.8 Å². The zero-order chi connectivity index (χ0) is 14.6. The molecule has 0 amide bonds. The summed E-state index contributed by atoms with van der Waals surface area (Å²) >= 11 is 0. The number of halogens is 1. The predicted octanol–water partition coefficient (Wildman–Crippen LogP) is 2.75. The van der Waals surface area contributed by atoms with Gasteiger partial charge in [-0.15, -0.1) is 0 Å². The van der Waals surface area contributed by atoms with Crippen LogP contribution < -0.4 is 4.74 Å². The second kappa shape index (κ2) is 5.82. The number of Topliss-reactive ketones (excluding diaryl/α,β-unsaturated/α-hetero) is 1. The fraction of sp³-hybridized carbons (Fsp3) is 0.429. The zero-order valence-corrected chi connectivity index (χ0v) is 11.5. The monoisotopic (exact) mass is 268 g/mol. The molecule has 0 aromatic heterocycles. The largest absolute Gasteiger partial charge is 0.481 e. The summed E-state index contributed by atoms with van der Waals surface area (Å²) in [7, 11) is 0. The standard InChI is InChI=1S/C14H17FO4/c1-9(16)11-6-5-10(15)7-12(11)18-8-13(17)19-14(2,3)4/h5-7H,8H2,1-4H3. The van der Waals surface area contributed by atoms with Crippen molar-refractivity contribution < 1.29 is 23.5 Å². The highest BCUT2D eigenvalue weighted by Crippen LogP contribution is 2.20. The highest BCUT2D eigenvalue weighted by Gasteiger charge is 2.18. The first-order valence-electron chi connectivity index (χ1n) is 5.84. The molecule has 0 fully saturated rings. The average Bonchev–Trinajstić information content (AvgIpc) is 2.23. The molecular weight excluding hydrogens is 251 g/mol. The average molecular weight is 268 g/mol. The molecule has 0 saturated carbocycles. The van der Waals surface area contributed by atoms with E-state index in [1.807, 2.05) is 0 Å². The van der Waals surface area contributed by atoms with Gasteiger partial charge in [0.05, 0.1) is 5.56 Å². The molecule has 104 valence electrons. The summed E-state index contributed by atoms with van der Waals surface area (Å²) in [5, 5.41) is 0. The lowest BCUT2D eigenvalue weighted by Crippen LogP contribution is -2.27. The third-order valence-electron chi connectivity index (χ3n) is 2.09. The van der Waals surface area contributed by atoms with Crippen molar-refractivity contribution in [2.24, 2.45) is 0 Å². The number of ketones is 1. The molecule has 0 spiro atoms. The van der Waals surface area contributed by atoms with E-state index < -0.39 is 17.4 Å². The molecule has 0 aliphatic carbocycles. The molecule has 0 bridgehead atoms. The first kappa shape index (κ1) is 15.1. The minimum Gasteiger partial charge on any atom is -0.481 e. The lowest BCUT2D eigenvalue weighted by molar-refractivity contribution is -0.157. The van der Waals surface area contributed by atoms with Crippen molar-refractivity contribution in [2.45, 2.75) is 33.3 Å². The van der Waals surface area contributed by atoms with Gasteiger partial charge in [-0.3, -0.25) is 4.79 Å². The number of benzene rings is 1. The Hall–Kier alpha value is -1.91. The first-order valence-corrected chi connectivity index (χ1v) is 5.84. The fourth-order valence-corrected chi connectivity index (χ4v) is 1.41. The van der Waals surface area contributed by atoms with Gasteiger partial charge in [0.1, 0.15) is 17.2 Å². The topological polar surface area (TPSA) is 52.6 Å². The van der Waals surface area contributed by atoms with E-state index in [4.69, 9.17) is 9.47 Å². The van der Waals surface area contributed by atoms with E-state index in [0.717, 1.165) is 12.1 Å². The zero-order valence-electron chi connectivity index (χ0n) is 11.5. The molecule has 1 aromatic carbocycles. The van der Waals surface area contributed by atoms with E-state index in [9.17, 15) is 14.0 Å². The summed E-state index contributed by atoms with van der Waals surface area (Å²) in [4.78, 5) is 22.8. The molecule has 0 atom stereocenters. The molecule has 0 N–H and O–H groups in total. The molecule has 0 heterocycles. The molecule has 0 unspecified atom stereocenters. The Morgan fingerprint density at radius 3 is 2.42 bits per heavy atom. The van der Waals surface area contributed by atoms with E-state index in [1.54, 1.807) is 20.8 Å². The SMILES string of the molecule is CC(=O)c1ccc(F)cc1OCC(=O)OC(C)(C)C. The number of carbonyl (C=O) groups is 2. The van der Waals surface area contributed by atoms with Crippen molar-refractivity contribution in [3.63, 3.8) is 0 Å². The van der Waals surface area contributed by atoms with Crippen molar-refractivity contribution in [3.8, 4) is 5.75 Å². The van der Waals surface area contributed by atoms with Gasteiger partial charge in [0.15, 0.2) is 12.4 Å². The lowest BCUT2D eigenvalue weighted by Gasteiger charge is -2.19. The van der Waals surface area contributed by atoms with Crippen molar-refractivity contribution in [1.29, 1.82) is 0 Å². The Labute approximate surface area is 111 Å². The second-order valence-corrected chi connectivity index (χ2v) is 5.07. The van der Waals surface area contributed by atoms with E-state index in [1.165, 1.54) is 13.0 Å². The lowest BCUT2D eigenvalue weighted by atomic mass is 10.1. The number of hydrogen-bond acceptors (Lipinski definition) is 4. The molecule has 19 heavy (non-hydrogen) atoms. The highest BCUT2D eigenvalue weighted by molar-refractivity contribution is 5.96. The van der Waals surface area contributed by atoms with Gasteiger partial charge in [-0.1, -0.05) is 0 Å². The minimum absolute atomic E-state index is 0.0401. The summed E-state index contributed by atoms with van der Waals surface area (Å²) in [6, 6.07) is 3.56. The van der Waals surface area contributed by atoms with Crippen molar-refractivity contribution in [1.82, 2.24) is 0 Å². The van der Waals surface area contributed by atoms with Crippen molar-refractivity contribution in [2.75, 3.05) is 6.61 Å². The van der Waals surface area contributed by atoms with Gasteiger partial charge in [-0.2, -0.15) is 0 Å². The number of esters is 1. The predicted molar refractivity (Wildman–Crippen MR) is 67.7 cm³/mol. The molecule has 4 nitrogen and oxygen atoms in total. The van der Waals surface area contributed by atoms with Crippen LogP contribution in [0.4, 0.5) is 4.39 Å². The van der Waals surface area contributed by atoms with Crippen molar-refractivity contribution in [3.05, 3.63) is 29.6 Å². The third-order valence-corrected chi connectivity index (χ3v) is 2.09. The van der Waals surface area contributed by atoms with Gasteiger partial charge in [0.2, 0.25) is 0 Å². The second-order valence-electron chi connectivity index (χ2n) is 5.07. The van der Waals surface area contributed by atoms with Crippen LogP contribution in [0.3, 0.4) is 0 Å². The maximum atomic E-state index is 13.1. The minimum atomic E-state index is -0.619. The summed E-state index contributed by atoms with van der Waals surface area (Å²) in [6.07, 6.45) is 0. The van der Waals surface area contributed by atoms with Crippen LogP contribution in [0, 0.1) is 5.82 Å². The van der Waals surface area contributed by atoms with Gasteiger partial charge in [0, 0.05) is 6.07 Å². The molecule has 0 aliphatic rings. The van der Waals surface area contributed by atoms with Crippen LogP contribution in [-0.2, 0) is 9.53 Å². The van der Waals surface area contributed by atoms with Gasteiger partial charge in [-0.05, 0) is 39.8 Å². The van der Waals surface area contributed by atoms with E-state index >= 15 is 0 Å². The van der Waals surface area contributed by atoms with Crippen LogP contribution in [-0.4, -0.2) is 24.0 Å². The van der Waals surface area contributed by atoms with Crippen LogP contribution in [0.1, 0.15) is 38.1 Å². The smallest absolute Gasteiger partial charge is 0.344 e. The van der Waals surface area contributed by atoms with Gasteiger partial charge < -0.3 is 9.47 Å². The van der Waals surface area contributed by atoms with Crippen LogP contribution in [0.2, 0.25) is 0 Å². The Bertz CT molecular complexity index is 489. The summed E-state index contributed by atoms with van der Waals surface area (Å²) in [5.41, 5.74) is -0.392.